The van der Waals surface area contributed by atoms with Crippen LogP contribution in [0.15, 0.2) is 42.5 Å². The average Bonchev–Trinajstić information content (AvgIpc) is 3.03. The second-order valence-electron chi connectivity index (χ2n) is 5.85. The molecule has 3 aromatic rings. The van der Waals surface area contributed by atoms with E-state index in [1.807, 2.05) is 56.3 Å². The Kier molecular flexibility index (Phi) is 4.71. The van der Waals surface area contributed by atoms with Gasteiger partial charge in [0.1, 0.15) is 11.9 Å². The maximum atomic E-state index is 9.55. The highest BCUT2D eigenvalue weighted by Gasteiger charge is 2.10. The van der Waals surface area contributed by atoms with Crippen molar-refractivity contribution in [1.29, 1.82) is 5.26 Å². The summed E-state index contributed by atoms with van der Waals surface area (Å²) in [6, 6.07) is 15.5. The van der Waals surface area contributed by atoms with Crippen LogP contribution in [0.5, 0.6) is 11.5 Å². The minimum Gasteiger partial charge on any atom is -0.493 e. The number of para-hydroxylation sites is 2. The predicted molar refractivity (Wildman–Crippen MR) is 98.3 cm³/mol. The lowest BCUT2D eigenvalue weighted by Crippen LogP contribution is -2.06. The van der Waals surface area contributed by atoms with Gasteiger partial charge < -0.3 is 14.5 Å². The van der Waals surface area contributed by atoms with E-state index in [0.29, 0.717) is 22.9 Å². The third-order valence-corrected chi connectivity index (χ3v) is 3.63. The minimum atomic E-state index is 0.0268. The molecule has 0 saturated carbocycles. The van der Waals surface area contributed by atoms with E-state index in [-0.39, 0.29) is 6.10 Å². The second kappa shape index (κ2) is 7.10. The first-order chi connectivity index (χ1) is 12.1. The molecule has 1 heterocycles. The predicted octanol–water partition coefficient (Wildman–Crippen LogP) is 4.42. The summed E-state index contributed by atoms with van der Waals surface area (Å²) in [6.45, 7) is 3.91. The average molecular weight is 333 g/mol. The molecule has 0 unspecified atom stereocenters. The van der Waals surface area contributed by atoms with Crippen LogP contribution < -0.4 is 9.47 Å². The molecule has 1 N–H and O–H groups in total. The maximum Gasteiger partial charge on any atom is 0.162 e. The Labute approximate surface area is 146 Å². The molecule has 25 heavy (non-hydrogen) atoms. The second-order valence-corrected chi connectivity index (χ2v) is 5.85. The van der Waals surface area contributed by atoms with Crippen molar-refractivity contribution in [1.82, 2.24) is 9.97 Å². The van der Waals surface area contributed by atoms with Gasteiger partial charge in [0.2, 0.25) is 0 Å². The summed E-state index contributed by atoms with van der Waals surface area (Å²) in [5, 5.41) is 9.55. The first-order valence-electron chi connectivity index (χ1n) is 8.02. The normalized spacial score (nSPS) is 11.6. The summed E-state index contributed by atoms with van der Waals surface area (Å²) in [4.78, 5) is 7.66. The number of rotatable bonds is 5. The molecule has 126 valence electrons. The number of methoxy groups -OCH3 is 1. The number of benzene rings is 2. The van der Waals surface area contributed by atoms with Crippen LogP contribution in [0.4, 0.5) is 0 Å². The summed E-state index contributed by atoms with van der Waals surface area (Å²) in [6.07, 6.45) is 1.81. The van der Waals surface area contributed by atoms with Crippen LogP contribution in [0.3, 0.4) is 0 Å². The Morgan fingerprint density at radius 3 is 2.68 bits per heavy atom. The quantitative estimate of drug-likeness (QED) is 0.702. The van der Waals surface area contributed by atoms with Crippen LogP contribution in [0.1, 0.15) is 25.2 Å². The first-order valence-corrected chi connectivity index (χ1v) is 8.02. The molecule has 2 aromatic carbocycles. The van der Waals surface area contributed by atoms with Gasteiger partial charge in [0, 0.05) is 0 Å². The SMILES string of the molecule is COc1ccc(/C=C(\C#N)c2nc3ccccc3[nH]2)cc1OC(C)C. The molecule has 0 atom stereocenters. The van der Waals surface area contributed by atoms with E-state index in [9.17, 15) is 5.26 Å². The van der Waals surface area contributed by atoms with Gasteiger partial charge in [-0.1, -0.05) is 18.2 Å². The van der Waals surface area contributed by atoms with Crippen molar-refractivity contribution in [3.05, 3.63) is 53.9 Å². The van der Waals surface area contributed by atoms with E-state index in [1.54, 1.807) is 13.2 Å². The third-order valence-electron chi connectivity index (χ3n) is 3.63. The molecule has 0 spiro atoms. The molecule has 5 heteroatoms. The van der Waals surface area contributed by atoms with Crippen molar-refractivity contribution in [2.24, 2.45) is 0 Å². The number of hydrogen-bond acceptors (Lipinski definition) is 4. The summed E-state index contributed by atoms with van der Waals surface area (Å²) in [7, 11) is 1.60. The lowest BCUT2D eigenvalue weighted by atomic mass is 10.1. The van der Waals surface area contributed by atoms with Crippen LogP contribution in [-0.4, -0.2) is 23.2 Å². The molecule has 0 bridgehead atoms. The Hall–Kier alpha value is -3.26. The molecule has 0 amide bonds. The van der Waals surface area contributed by atoms with Crippen molar-refractivity contribution >= 4 is 22.7 Å². The molecule has 0 fully saturated rings. The zero-order chi connectivity index (χ0) is 17.8. The lowest BCUT2D eigenvalue weighted by molar-refractivity contribution is 0.230. The largest absolute Gasteiger partial charge is 0.493 e. The van der Waals surface area contributed by atoms with E-state index in [2.05, 4.69) is 16.0 Å². The van der Waals surface area contributed by atoms with E-state index < -0.39 is 0 Å². The number of ether oxygens (including phenoxy) is 2. The summed E-state index contributed by atoms with van der Waals surface area (Å²) >= 11 is 0. The fraction of sp³-hybridized carbons (Fsp3) is 0.200. The molecule has 0 radical (unpaired) electrons. The first kappa shape index (κ1) is 16.6. The van der Waals surface area contributed by atoms with Gasteiger partial charge in [-0.05, 0) is 49.8 Å². The molecule has 5 nitrogen and oxygen atoms in total. The Morgan fingerprint density at radius 1 is 1.20 bits per heavy atom. The zero-order valence-corrected chi connectivity index (χ0v) is 14.4. The fourth-order valence-corrected chi connectivity index (χ4v) is 2.53. The number of nitrogens with zero attached hydrogens (tertiary/aromatic N) is 2. The highest BCUT2D eigenvalue weighted by Crippen LogP contribution is 2.30. The van der Waals surface area contributed by atoms with Crippen molar-refractivity contribution in [2.45, 2.75) is 20.0 Å². The number of H-pyrrole nitrogens is 1. The number of aromatic amines is 1. The molecule has 1 aromatic heterocycles. The van der Waals surface area contributed by atoms with E-state index in [1.165, 1.54) is 0 Å². The van der Waals surface area contributed by atoms with E-state index in [4.69, 9.17) is 9.47 Å². The smallest absolute Gasteiger partial charge is 0.162 e. The van der Waals surface area contributed by atoms with Crippen molar-refractivity contribution in [2.75, 3.05) is 7.11 Å². The Balaban J connectivity index is 2.00. The lowest BCUT2D eigenvalue weighted by Gasteiger charge is -2.14. The summed E-state index contributed by atoms with van der Waals surface area (Å²) < 4.78 is 11.1. The number of nitrogens with one attached hydrogen (secondary N) is 1. The summed E-state index contributed by atoms with van der Waals surface area (Å²) in [5.74, 6) is 1.85. The van der Waals surface area contributed by atoms with Gasteiger partial charge in [-0.15, -0.1) is 0 Å². The van der Waals surface area contributed by atoms with Gasteiger partial charge in [-0.25, -0.2) is 4.98 Å². The molecular weight excluding hydrogens is 314 g/mol. The Bertz CT molecular complexity index is 931. The number of imidazole rings is 1. The third kappa shape index (κ3) is 3.64. The van der Waals surface area contributed by atoms with Gasteiger partial charge in [0.05, 0.1) is 29.8 Å². The van der Waals surface area contributed by atoms with Crippen LogP contribution in [-0.2, 0) is 0 Å². The van der Waals surface area contributed by atoms with Crippen LogP contribution in [0.25, 0.3) is 22.7 Å². The number of hydrogen-bond donors (Lipinski definition) is 1. The van der Waals surface area contributed by atoms with Crippen LogP contribution >= 0.6 is 0 Å². The highest BCUT2D eigenvalue weighted by atomic mass is 16.5. The maximum absolute atomic E-state index is 9.55. The standard InChI is InChI=1S/C20H19N3O2/c1-13(2)25-19-11-14(8-9-18(19)24-3)10-15(12-21)20-22-16-6-4-5-7-17(16)23-20/h4-11,13H,1-3H3,(H,22,23)/b15-10+. The van der Waals surface area contributed by atoms with Crippen molar-refractivity contribution in [3.63, 3.8) is 0 Å². The van der Waals surface area contributed by atoms with Crippen molar-refractivity contribution in [3.8, 4) is 17.6 Å². The van der Waals surface area contributed by atoms with Gasteiger partial charge in [-0.3, -0.25) is 0 Å². The molecule has 0 aliphatic carbocycles. The van der Waals surface area contributed by atoms with E-state index in [0.717, 1.165) is 16.6 Å². The van der Waals surface area contributed by atoms with Gasteiger partial charge >= 0.3 is 0 Å². The van der Waals surface area contributed by atoms with Gasteiger partial charge in [-0.2, -0.15) is 5.26 Å². The monoisotopic (exact) mass is 333 g/mol. The fourth-order valence-electron chi connectivity index (χ4n) is 2.53. The van der Waals surface area contributed by atoms with E-state index >= 15 is 0 Å². The van der Waals surface area contributed by atoms with Gasteiger partial charge in [0.25, 0.3) is 0 Å². The number of aromatic nitrogens is 2. The Morgan fingerprint density at radius 2 is 2.00 bits per heavy atom. The van der Waals surface area contributed by atoms with Gasteiger partial charge in [0.15, 0.2) is 11.5 Å². The van der Waals surface area contributed by atoms with Crippen LogP contribution in [0, 0.1) is 11.3 Å². The number of nitriles is 1. The number of allylic oxidation sites excluding steroid dienone is 1. The van der Waals surface area contributed by atoms with Crippen molar-refractivity contribution < 1.29 is 9.47 Å². The molecule has 0 aliphatic rings. The molecular formula is C20H19N3O2. The topological polar surface area (TPSA) is 70.9 Å². The summed E-state index contributed by atoms with van der Waals surface area (Å²) in [5.41, 5.74) is 3.03. The zero-order valence-electron chi connectivity index (χ0n) is 14.4. The van der Waals surface area contributed by atoms with Crippen LogP contribution in [0.2, 0.25) is 0 Å². The highest BCUT2D eigenvalue weighted by molar-refractivity contribution is 5.90. The number of fused-ring (bicyclic) bond motifs is 1. The molecule has 0 aliphatic heterocycles. The molecule has 0 saturated heterocycles. The molecule has 3 rings (SSSR count). The minimum absolute atomic E-state index is 0.0268.